The van der Waals surface area contributed by atoms with Crippen LogP contribution in [0.1, 0.15) is 19.5 Å². The number of nitrogens with one attached hydrogen (secondary N) is 1. The standard InChI is InChI=1S/C12H19N7O/c1-8(2)20-12-16-10(13)15-11(17-12)14-6-4-9-5-7-19(3)18-9/h5,7-8H,4,6H2,1-3H3,(H3,13,14,15,16,17). The van der Waals surface area contributed by atoms with E-state index in [1.807, 2.05) is 33.2 Å². The summed E-state index contributed by atoms with van der Waals surface area (Å²) in [6.45, 7) is 4.45. The highest BCUT2D eigenvalue weighted by atomic mass is 16.5. The maximum atomic E-state index is 5.62. The van der Waals surface area contributed by atoms with Gasteiger partial charge in [-0.1, -0.05) is 0 Å². The maximum absolute atomic E-state index is 5.62. The van der Waals surface area contributed by atoms with Crippen molar-refractivity contribution in [3.05, 3.63) is 18.0 Å². The second-order valence-corrected chi connectivity index (χ2v) is 4.62. The lowest BCUT2D eigenvalue weighted by molar-refractivity contribution is 0.222. The van der Waals surface area contributed by atoms with Crippen LogP contribution in [-0.4, -0.2) is 37.4 Å². The number of ether oxygens (including phenoxy) is 1. The van der Waals surface area contributed by atoms with Gasteiger partial charge in [-0.25, -0.2) is 0 Å². The molecule has 8 heteroatoms. The first kappa shape index (κ1) is 14.0. The van der Waals surface area contributed by atoms with Crippen LogP contribution in [0.3, 0.4) is 0 Å². The van der Waals surface area contributed by atoms with Crippen LogP contribution in [0, 0.1) is 0 Å². The van der Waals surface area contributed by atoms with Crippen LogP contribution >= 0.6 is 0 Å². The summed E-state index contributed by atoms with van der Waals surface area (Å²) in [5.74, 6) is 0.542. The van der Waals surface area contributed by atoms with Crippen LogP contribution in [0.5, 0.6) is 6.01 Å². The predicted octanol–water partition coefficient (Wildman–Crippen LogP) is 0.629. The molecule has 0 aromatic carbocycles. The average Bonchev–Trinajstić information content (AvgIpc) is 2.73. The van der Waals surface area contributed by atoms with Gasteiger partial charge in [0.25, 0.3) is 0 Å². The van der Waals surface area contributed by atoms with Gasteiger partial charge in [0, 0.05) is 26.2 Å². The van der Waals surface area contributed by atoms with Crippen molar-refractivity contribution in [3.63, 3.8) is 0 Å². The molecule has 0 unspecified atom stereocenters. The van der Waals surface area contributed by atoms with Crippen molar-refractivity contribution in [1.82, 2.24) is 24.7 Å². The van der Waals surface area contributed by atoms with E-state index in [0.29, 0.717) is 12.5 Å². The van der Waals surface area contributed by atoms with Crippen molar-refractivity contribution in [1.29, 1.82) is 0 Å². The topological polar surface area (TPSA) is 104 Å². The quantitative estimate of drug-likeness (QED) is 0.798. The molecule has 3 N–H and O–H groups in total. The molecule has 0 saturated heterocycles. The molecule has 0 aliphatic carbocycles. The lowest BCUT2D eigenvalue weighted by Gasteiger charge is -2.09. The van der Waals surface area contributed by atoms with Gasteiger partial charge >= 0.3 is 6.01 Å². The minimum Gasteiger partial charge on any atom is -0.461 e. The highest BCUT2D eigenvalue weighted by Gasteiger charge is 2.07. The summed E-state index contributed by atoms with van der Waals surface area (Å²) in [6, 6.07) is 2.20. The van der Waals surface area contributed by atoms with Gasteiger partial charge < -0.3 is 15.8 Å². The van der Waals surface area contributed by atoms with Gasteiger partial charge in [-0.15, -0.1) is 0 Å². The zero-order valence-electron chi connectivity index (χ0n) is 11.9. The van der Waals surface area contributed by atoms with E-state index >= 15 is 0 Å². The third-order valence-electron chi connectivity index (χ3n) is 2.41. The largest absolute Gasteiger partial charge is 0.461 e. The van der Waals surface area contributed by atoms with Gasteiger partial charge in [0.2, 0.25) is 11.9 Å². The third-order valence-corrected chi connectivity index (χ3v) is 2.41. The number of nitrogens with zero attached hydrogens (tertiary/aromatic N) is 5. The molecule has 8 nitrogen and oxygen atoms in total. The van der Waals surface area contributed by atoms with Gasteiger partial charge in [-0.05, 0) is 19.9 Å². The van der Waals surface area contributed by atoms with Crippen molar-refractivity contribution in [2.75, 3.05) is 17.6 Å². The normalized spacial score (nSPS) is 10.8. The number of nitrogens with two attached hydrogens (primary N) is 1. The van der Waals surface area contributed by atoms with E-state index in [1.165, 1.54) is 0 Å². The molecular weight excluding hydrogens is 258 g/mol. The van der Waals surface area contributed by atoms with Gasteiger partial charge in [0.15, 0.2) is 0 Å². The van der Waals surface area contributed by atoms with Crippen molar-refractivity contribution in [2.45, 2.75) is 26.4 Å². The number of nitrogen functional groups attached to an aromatic ring is 1. The zero-order valence-corrected chi connectivity index (χ0v) is 11.9. The van der Waals surface area contributed by atoms with Crippen molar-refractivity contribution in [2.24, 2.45) is 7.05 Å². The van der Waals surface area contributed by atoms with Crippen LogP contribution in [0.25, 0.3) is 0 Å². The number of anilines is 2. The van der Waals surface area contributed by atoms with Gasteiger partial charge in [0.05, 0.1) is 11.8 Å². The molecule has 2 heterocycles. The molecule has 0 radical (unpaired) electrons. The summed E-state index contributed by atoms with van der Waals surface area (Å²) in [5, 5.41) is 7.38. The zero-order chi connectivity index (χ0) is 14.5. The predicted molar refractivity (Wildman–Crippen MR) is 75.4 cm³/mol. The first-order chi connectivity index (χ1) is 9.52. The van der Waals surface area contributed by atoms with E-state index in [0.717, 1.165) is 12.1 Å². The smallest absolute Gasteiger partial charge is 0.323 e. The van der Waals surface area contributed by atoms with E-state index in [2.05, 4.69) is 25.4 Å². The number of hydrogen-bond donors (Lipinski definition) is 2. The van der Waals surface area contributed by atoms with E-state index < -0.39 is 0 Å². The molecule has 2 rings (SSSR count). The number of hydrogen-bond acceptors (Lipinski definition) is 7. The molecule has 0 aliphatic heterocycles. The first-order valence-corrected chi connectivity index (χ1v) is 6.43. The molecule has 0 amide bonds. The molecule has 0 fully saturated rings. The van der Waals surface area contributed by atoms with Crippen LogP contribution in [0.15, 0.2) is 12.3 Å². The van der Waals surface area contributed by atoms with Crippen molar-refractivity contribution in [3.8, 4) is 6.01 Å². The van der Waals surface area contributed by atoms with Crippen LogP contribution in [0.4, 0.5) is 11.9 Å². The Labute approximate surface area is 117 Å². The summed E-state index contributed by atoms with van der Waals surface area (Å²) in [4.78, 5) is 12.1. The minimum absolute atomic E-state index is 0.0156. The Morgan fingerprint density at radius 1 is 1.35 bits per heavy atom. The summed E-state index contributed by atoms with van der Waals surface area (Å²) < 4.78 is 7.17. The van der Waals surface area contributed by atoms with Gasteiger partial charge in [-0.2, -0.15) is 20.1 Å². The van der Waals surface area contributed by atoms with Crippen LogP contribution < -0.4 is 15.8 Å². The Kier molecular flexibility index (Phi) is 4.34. The Morgan fingerprint density at radius 2 is 2.15 bits per heavy atom. The summed E-state index contributed by atoms with van der Waals surface area (Å²) >= 11 is 0. The molecule has 0 atom stereocenters. The fraction of sp³-hybridized carbons (Fsp3) is 0.500. The molecule has 2 aromatic heterocycles. The second kappa shape index (κ2) is 6.18. The van der Waals surface area contributed by atoms with E-state index in [1.54, 1.807) is 4.68 Å². The molecular formula is C12H19N7O. The fourth-order valence-electron chi connectivity index (χ4n) is 1.61. The number of rotatable bonds is 6. The van der Waals surface area contributed by atoms with E-state index in [9.17, 15) is 0 Å². The molecule has 0 saturated carbocycles. The van der Waals surface area contributed by atoms with Crippen molar-refractivity contribution >= 4 is 11.9 Å². The Balaban J connectivity index is 1.93. The SMILES string of the molecule is CC(C)Oc1nc(N)nc(NCCc2ccn(C)n2)n1. The van der Waals surface area contributed by atoms with E-state index in [4.69, 9.17) is 10.5 Å². The summed E-state index contributed by atoms with van der Waals surface area (Å²) in [7, 11) is 1.89. The van der Waals surface area contributed by atoms with Crippen LogP contribution in [-0.2, 0) is 13.5 Å². The molecule has 0 aliphatic rings. The Morgan fingerprint density at radius 3 is 2.80 bits per heavy atom. The van der Waals surface area contributed by atoms with E-state index in [-0.39, 0.29) is 18.1 Å². The molecule has 108 valence electrons. The Hall–Kier alpha value is -2.38. The van der Waals surface area contributed by atoms with Gasteiger partial charge in [-0.3, -0.25) is 4.68 Å². The number of aryl methyl sites for hydroxylation is 1. The summed E-state index contributed by atoms with van der Waals surface area (Å²) in [6.07, 6.45) is 2.66. The molecule has 0 spiro atoms. The average molecular weight is 277 g/mol. The van der Waals surface area contributed by atoms with Gasteiger partial charge in [0.1, 0.15) is 0 Å². The molecule has 20 heavy (non-hydrogen) atoms. The highest BCUT2D eigenvalue weighted by Crippen LogP contribution is 2.10. The van der Waals surface area contributed by atoms with Crippen molar-refractivity contribution < 1.29 is 4.74 Å². The monoisotopic (exact) mass is 277 g/mol. The maximum Gasteiger partial charge on any atom is 0.323 e. The third kappa shape index (κ3) is 4.08. The lowest BCUT2D eigenvalue weighted by atomic mass is 10.3. The first-order valence-electron chi connectivity index (χ1n) is 6.43. The number of aromatic nitrogens is 5. The highest BCUT2D eigenvalue weighted by molar-refractivity contribution is 5.32. The van der Waals surface area contributed by atoms with Crippen LogP contribution in [0.2, 0.25) is 0 Å². The fourth-order valence-corrected chi connectivity index (χ4v) is 1.61. The Bertz CT molecular complexity index is 567. The lowest BCUT2D eigenvalue weighted by Crippen LogP contribution is -2.14. The minimum atomic E-state index is -0.0156. The second-order valence-electron chi connectivity index (χ2n) is 4.62. The molecule has 0 bridgehead atoms. The molecule has 2 aromatic rings. The summed E-state index contributed by atoms with van der Waals surface area (Å²) in [5.41, 5.74) is 6.62.